The van der Waals surface area contributed by atoms with Gasteiger partial charge in [-0.2, -0.15) is 0 Å². The molecular formula is C13H18FN3O. The van der Waals surface area contributed by atoms with Crippen molar-refractivity contribution in [2.75, 3.05) is 5.32 Å². The number of amides is 2. The summed E-state index contributed by atoms with van der Waals surface area (Å²) in [6, 6.07) is 2.77. The standard InChI is InChI=1S/C13H18FN3O/c1-9-6-7-13(2,3)17(9)12(18)16-11-5-4-10(14)8-15-11/h4-5,8-9H,6-7H2,1-3H3,(H,15,16,18)/t9-/m0/s1. The van der Waals surface area contributed by atoms with Crippen LogP contribution in [0.1, 0.15) is 33.6 Å². The van der Waals surface area contributed by atoms with E-state index in [1.807, 2.05) is 25.7 Å². The third-order valence-corrected chi connectivity index (χ3v) is 3.45. The number of nitrogens with zero attached hydrogens (tertiary/aromatic N) is 2. The number of pyridine rings is 1. The van der Waals surface area contributed by atoms with Crippen LogP contribution < -0.4 is 5.32 Å². The summed E-state index contributed by atoms with van der Waals surface area (Å²) in [7, 11) is 0. The number of carbonyl (C=O) groups is 1. The molecule has 0 radical (unpaired) electrons. The van der Waals surface area contributed by atoms with Crippen LogP contribution in [0.4, 0.5) is 15.0 Å². The first-order valence-corrected chi connectivity index (χ1v) is 6.12. The third kappa shape index (κ3) is 2.44. The maximum atomic E-state index is 12.7. The lowest BCUT2D eigenvalue weighted by atomic mass is 10.0. The van der Waals surface area contributed by atoms with E-state index in [0.717, 1.165) is 19.0 Å². The second-order valence-corrected chi connectivity index (χ2v) is 5.36. The quantitative estimate of drug-likeness (QED) is 0.833. The highest BCUT2D eigenvalue weighted by molar-refractivity contribution is 5.89. The fraction of sp³-hybridized carbons (Fsp3) is 0.538. The van der Waals surface area contributed by atoms with Gasteiger partial charge in [0.05, 0.1) is 6.20 Å². The van der Waals surface area contributed by atoms with Gasteiger partial charge in [0.1, 0.15) is 11.6 Å². The number of aromatic nitrogens is 1. The summed E-state index contributed by atoms with van der Waals surface area (Å²) in [6.07, 6.45) is 3.07. The first-order valence-electron chi connectivity index (χ1n) is 6.12. The van der Waals surface area contributed by atoms with Crippen LogP contribution in [-0.4, -0.2) is 27.5 Å². The third-order valence-electron chi connectivity index (χ3n) is 3.45. The van der Waals surface area contributed by atoms with Gasteiger partial charge < -0.3 is 4.90 Å². The predicted molar refractivity (Wildman–Crippen MR) is 67.8 cm³/mol. The molecule has 0 saturated carbocycles. The first kappa shape index (κ1) is 12.8. The fourth-order valence-corrected chi connectivity index (χ4v) is 2.50. The second-order valence-electron chi connectivity index (χ2n) is 5.36. The van der Waals surface area contributed by atoms with Crippen molar-refractivity contribution < 1.29 is 9.18 Å². The molecule has 0 aromatic carbocycles. The minimum Gasteiger partial charge on any atom is -0.317 e. The van der Waals surface area contributed by atoms with Crippen molar-refractivity contribution >= 4 is 11.8 Å². The summed E-state index contributed by atoms with van der Waals surface area (Å²) in [5.41, 5.74) is -0.149. The number of hydrogen-bond donors (Lipinski definition) is 1. The van der Waals surface area contributed by atoms with Crippen LogP contribution in [0.5, 0.6) is 0 Å². The zero-order chi connectivity index (χ0) is 13.3. The van der Waals surface area contributed by atoms with Gasteiger partial charge in [0.25, 0.3) is 0 Å². The van der Waals surface area contributed by atoms with Gasteiger partial charge in [-0.05, 0) is 45.7 Å². The minimum absolute atomic E-state index is 0.149. The molecule has 0 unspecified atom stereocenters. The smallest absolute Gasteiger partial charge is 0.317 e. The van der Waals surface area contributed by atoms with Crippen molar-refractivity contribution in [3.8, 4) is 0 Å². The minimum atomic E-state index is -0.414. The Kier molecular flexibility index (Phi) is 3.24. The number of likely N-dealkylation sites (tertiary alicyclic amines) is 1. The van der Waals surface area contributed by atoms with E-state index in [1.165, 1.54) is 12.1 Å². The number of carbonyl (C=O) groups excluding carboxylic acids is 1. The van der Waals surface area contributed by atoms with Crippen molar-refractivity contribution in [1.29, 1.82) is 0 Å². The van der Waals surface area contributed by atoms with E-state index in [-0.39, 0.29) is 17.6 Å². The van der Waals surface area contributed by atoms with Gasteiger partial charge in [-0.1, -0.05) is 0 Å². The van der Waals surface area contributed by atoms with Gasteiger partial charge in [0.2, 0.25) is 0 Å². The van der Waals surface area contributed by atoms with E-state index in [4.69, 9.17) is 0 Å². The Morgan fingerprint density at radius 3 is 2.78 bits per heavy atom. The second kappa shape index (κ2) is 4.55. The molecule has 0 bridgehead atoms. The number of anilines is 1. The largest absolute Gasteiger partial charge is 0.323 e. The Morgan fingerprint density at radius 1 is 1.56 bits per heavy atom. The molecule has 2 amide bonds. The highest BCUT2D eigenvalue weighted by Gasteiger charge is 2.40. The molecule has 1 atom stereocenters. The Labute approximate surface area is 106 Å². The van der Waals surface area contributed by atoms with E-state index in [1.54, 1.807) is 0 Å². The lowest BCUT2D eigenvalue weighted by Crippen LogP contribution is -2.48. The first-order chi connectivity index (χ1) is 8.40. The number of rotatable bonds is 1. The Bertz CT molecular complexity index is 444. The van der Waals surface area contributed by atoms with E-state index >= 15 is 0 Å². The Balaban J connectivity index is 2.10. The zero-order valence-electron chi connectivity index (χ0n) is 10.9. The Morgan fingerprint density at radius 2 is 2.28 bits per heavy atom. The molecule has 1 saturated heterocycles. The summed E-state index contributed by atoms with van der Waals surface area (Å²) >= 11 is 0. The van der Waals surface area contributed by atoms with Gasteiger partial charge in [-0.3, -0.25) is 5.32 Å². The van der Waals surface area contributed by atoms with Gasteiger partial charge in [0, 0.05) is 11.6 Å². The average molecular weight is 251 g/mol. The van der Waals surface area contributed by atoms with Gasteiger partial charge in [-0.25, -0.2) is 14.2 Å². The monoisotopic (exact) mass is 251 g/mol. The molecule has 2 heterocycles. The molecule has 98 valence electrons. The Hall–Kier alpha value is -1.65. The van der Waals surface area contributed by atoms with Crippen molar-refractivity contribution in [3.63, 3.8) is 0 Å². The van der Waals surface area contributed by atoms with Crippen molar-refractivity contribution in [1.82, 2.24) is 9.88 Å². The van der Waals surface area contributed by atoms with E-state index < -0.39 is 5.82 Å². The van der Waals surface area contributed by atoms with Gasteiger partial charge in [-0.15, -0.1) is 0 Å². The van der Waals surface area contributed by atoms with Crippen LogP contribution >= 0.6 is 0 Å². The summed E-state index contributed by atoms with van der Waals surface area (Å²) < 4.78 is 12.7. The lowest BCUT2D eigenvalue weighted by Gasteiger charge is -2.34. The van der Waals surface area contributed by atoms with Crippen LogP contribution in [0.15, 0.2) is 18.3 Å². The highest BCUT2D eigenvalue weighted by Crippen LogP contribution is 2.33. The molecule has 1 N–H and O–H groups in total. The zero-order valence-corrected chi connectivity index (χ0v) is 10.9. The molecule has 1 aromatic rings. The highest BCUT2D eigenvalue weighted by atomic mass is 19.1. The normalized spacial score (nSPS) is 22.0. The summed E-state index contributed by atoms with van der Waals surface area (Å²) in [6.45, 7) is 6.13. The molecule has 4 nitrogen and oxygen atoms in total. The van der Waals surface area contributed by atoms with Crippen molar-refractivity contribution in [3.05, 3.63) is 24.1 Å². The average Bonchev–Trinajstić information content (AvgIpc) is 2.56. The molecule has 1 aromatic heterocycles. The SMILES string of the molecule is C[C@H]1CCC(C)(C)N1C(=O)Nc1ccc(F)cn1. The molecule has 2 rings (SSSR count). The van der Waals surface area contributed by atoms with E-state index in [0.29, 0.717) is 5.82 Å². The number of urea groups is 1. The fourth-order valence-electron chi connectivity index (χ4n) is 2.50. The maximum absolute atomic E-state index is 12.7. The van der Waals surface area contributed by atoms with Crippen LogP contribution in [0.3, 0.4) is 0 Å². The van der Waals surface area contributed by atoms with Crippen molar-refractivity contribution in [2.24, 2.45) is 0 Å². The summed E-state index contributed by atoms with van der Waals surface area (Å²) in [4.78, 5) is 17.9. The van der Waals surface area contributed by atoms with E-state index in [9.17, 15) is 9.18 Å². The van der Waals surface area contributed by atoms with Gasteiger partial charge in [0.15, 0.2) is 0 Å². The van der Waals surface area contributed by atoms with Crippen LogP contribution in [-0.2, 0) is 0 Å². The molecule has 18 heavy (non-hydrogen) atoms. The molecular weight excluding hydrogens is 233 g/mol. The van der Waals surface area contributed by atoms with Crippen LogP contribution in [0, 0.1) is 5.82 Å². The van der Waals surface area contributed by atoms with E-state index in [2.05, 4.69) is 10.3 Å². The molecule has 1 fully saturated rings. The van der Waals surface area contributed by atoms with Crippen LogP contribution in [0.25, 0.3) is 0 Å². The van der Waals surface area contributed by atoms with Crippen LogP contribution in [0.2, 0.25) is 0 Å². The lowest BCUT2D eigenvalue weighted by molar-refractivity contribution is 0.157. The molecule has 0 spiro atoms. The van der Waals surface area contributed by atoms with Gasteiger partial charge >= 0.3 is 6.03 Å². The number of nitrogens with one attached hydrogen (secondary N) is 1. The molecule has 1 aliphatic heterocycles. The molecule has 1 aliphatic rings. The molecule has 0 aliphatic carbocycles. The molecule has 5 heteroatoms. The summed E-state index contributed by atoms with van der Waals surface area (Å²) in [5.74, 6) is -0.0424. The van der Waals surface area contributed by atoms with Crippen molar-refractivity contribution in [2.45, 2.75) is 45.2 Å². The predicted octanol–water partition coefficient (Wildman–Crippen LogP) is 3.02. The topological polar surface area (TPSA) is 45.2 Å². The maximum Gasteiger partial charge on any atom is 0.323 e. The number of halogens is 1. The summed E-state index contributed by atoms with van der Waals surface area (Å²) in [5, 5.41) is 2.71. The number of hydrogen-bond acceptors (Lipinski definition) is 2.